The largest absolute Gasteiger partial charge is 0.356 e. The first-order valence-corrected chi connectivity index (χ1v) is 8.78. The van der Waals surface area contributed by atoms with Gasteiger partial charge in [0.2, 0.25) is 0 Å². The molecule has 1 aromatic carbocycles. The lowest BCUT2D eigenvalue weighted by Crippen LogP contribution is -2.13. The third-order valence-electron chi connectivity index (χ3n) is 4.72. The van der Waals surface area contributed by atoms with Crippen LogP contribution in [0.1, 0.15) is 40.5 Å². The number of carbonyl (C=O) groups excluding carboxylic acids is 1. The maximum atomic E-state index is 13.0. The lowest BCUT2D eigenvalue weighted by molar-refractivity contribution is 0.102. The number of benzene rings is 1. The van der Waals surface area contributed by atoms with Gasteiger partial charge in [0.25, 0.3) is 11.6 Å². The van der Waals surface area contributed by atoms with Gasteiger partial charge in [-0.25, -0.2) is 4.98 Å². The predicted octanol–water partition coefficient (Wildman–Crippen LogP) is 4.32. The van der Waals surface area contributed by atoms with Crippen LogP contribution in [0.15, 0.2) is 51.6 Å². The molecule has 1 amide bonds. The molecule has 0 aliphatic heterocycles. The van der Waals surface area contributed by atoms with Crippen molar-refractivity contribution >= 4 is 22.7 Å². The van der Waals surface area contributed by atoms with Crippen molar-refractivity contribution in [2.75, 3.05) is 5.32 Å². The topological polar surface area (TPSA) is 94.0 Å². The Kier molecular flexibility index (Phi) is 3.53. The summed E-state index contributed by atoms with van der Waals surface area (Å²) in [6.07, 6.45) is 3.76. The molecule has 3 heterocycles. The molecule has 1 aliphatic rings. The molecule has 0 bridgehead atoms. The SMILES string of the molecule is Cc1noc2nc(C3CC3)cc(C(=O)Nc3cccc(-c4ccno4)c3)c12. The Bertz CT molecular complexity index is 1140. The minimum Gasteiger partial charge on any atom is -0.356 e. The van der Waals surface area contributed by atoms with Crippen molar-refractivity contribution < 1.29 is 13.8 Å². The average molecular weight is 360 g/mol. The Morgan fingerprint density at radius 2 is 2.07 bits per heavy atom. The summed E-state index contributed by atoms with van der Waals surface area (Å²) in [5.41, 5.74) is 3.99. The van der Waals surface area contributed by atoms with Gasteiger partial charge in [-0.3, -0.25) is 4.79 Å². The van der Waals surface area contributed by atoms with Gasteiger partial charge in [0.05, 0.1) is 22.8 Å². The fraction of sp³-hybridized carbons (Fsp3) is 0.200. The molecule has 0 saturated heterocycles. The molecule has 7 nitrogen and oxygen atoms in total. The molecule has 4 aromatic rings. The number of anilines is 1. The third-order valence-corrected chi connectivity index (χ3v) is 4.72. The molecule has 27 heavy (non-hydrogen) atoms. The van der Waals surface area contributed by atoms with Crippen LogP contribution in [0, 0.1) is 6.92 Å². The van der Waals surface area contributed by atoms with Crippen molar-refractivity contribution in [2.45, 2.75) is 25.7 Å². The van der Waals surface area contributed by atoms with E-state index in [-0.39, 0.29) is 5.91 Å². The van der Waals surface area contributed by atoms with Gasteiger partial charge in [-0.05, 0) is 38.0 Å². The van der Waals surface area contributed by atoms with Gasteiger partial charge in [-0.2, -0.15) is 0 Å². The van der Waals surface area contributed by atoms with Crippen LogP contribution in [-0.2, 0) is 0 Å². The molecule has 0 atom stereocenters. The van der Waals surface area contributed by atoms with Gasteiger partial charge >= 0.3 is 0 Å². The van der Waals surface area contributed by atoms with E-state index in [0.29, 0.717) is 39.7 Å². The molecule has 0 unspecified atom stereocenters. The number of fused-ring (bicyclic) bond motifs is 1. The Balaban J connectivity index is 1.51. The normalized spacial score (nSPS) is 13.8. The van der Waals surface area contributed by atoms with Crippen molar-refractivity contribution in [3.63, 3.8) is 0 Å². The first-order valence-electron chi connectivity index (χ1n) is 8.78. The van der Waals surface area contributed by atoms with E-state index in [0.717, 1.165) is 24.1 Å². The molecule has 134 valence electrons. The van der Waals surface area contributed by atoms with E-state index in [1.807, 2.05) is 37.3 Å². The van der Waals surface area contributed by atoms with E-state index in [1.54, 1.807) is 12.3 Å². The molecule has 7 heteroatoms. The highest BCUT2D eigenvalue weighted by Crippen LogP contribution is 2.40. The summed E-state index contributed by atoms with van der Waals surface area (Å²) >= 11 is 0. The minimum absolute atomic E-state index is 0.217. The summed E-state index contributed by atoms with van der Waals surface area (Å²) in [7, 11) is 0. The van der Waals surface area contributed by atoms with Gasteiger partial charge < -0.3 is 14.4 Å². The monoisotopic (exact) mass is 360 g/mol. The second-order valence-corrected chi connectivity index (χ2v) is 6.73. The second-order valence-electron chi connectivity index (χ2n) is 6.73. The highest BCUT2D eigenvalue weighted by Gasteiger charge is 2.28. The maximum absolute atomic E-state index is 13.0. The number of rotatable bonds is 4. The number of pyridine rings is 1. The Morgan fingerprint density at radius 3 is 2.85 bits per heavy atom. The third kappa shape index (κ3) is 2.87. The number of hydrogen-bond acceptors (Lipinski definition) is 6. The van der Waals surface area contributed by atoms with Gasteiger partial charge in [0.15, 0.2) is 5.76 Å². The first-order chi connectivity index (χ1) is 13.2. The molecule has 1 N–H and O–H groups in total. The van der Waals surface area contributed by atoms with Gasteiger partial charge in [0.1, 0.15) is 0 Å². The summed E-state index contributed by atoms with van der Waals surface area (Å²) in [5.74, 6) is 0.828. The smallest absolute Gasteiger partial charge is 0.259 e. The number of amides is 1. The minimum atomic E-state index is -0.217. The maximum Gasteiger partial charge on any atom is 0.259 e. The van der Waals surface area contributed by atoms with Gasteiger partial charge in [-0.1, -0.05) is 22.4 Å². The van der Waals surface area contributed by atoms with E-state index in [1.165, 1.54) is 0 Å². The van der Waals surface area contributed by atoms with Crippen molar-refractivity contribution in [1.82, 2.24) is 15.3 Å². The van der Waals surface area contributed by atoms with Crippen LogP contribution in [0.3, 0.4) is 0 Å². The van der Waals surface area contributed by atoms with Crippen molar-refractivity contribution in [3.05, 3.63) is 59.5 Å². The average Bonchev–Trinajstić information content (AvgIpc) is 3.25. The molecule has 0 radical (unpaired) electrons. The molecular formula is C20H16N4O3. The van der Waals surface area contributed by atoms with Crippen LogP contribution < -0.4 is 5.32 Å². The Morgan fingerprint density at radius 1 is 1.19 bits per heavy atom. The Labute approximate surface area is 154 Å². The number of nitrogens with one attached hydrogen (secondary N) is 1. The molecule has 1 aliphatic carbocycles. The number of nitrogens with zero attached hydrogens (tertiary/aromatic N) is 3. The Hall–Kier alpha value is -3.48. The molecule has 1 saturated carbocycles. The fourth-order valence-corrected chi connectivity index (χ4v) is 3.19. The van der Waals surface area contributed by atoms with E-state index >= 15 is 0 Å². The van der Waals surface area contributed by atoms with Gasteiger partial charge in [-0.15, -0.1) is 0 Å². The number of hydrogen-bond donors (Lipinski definition) is 1. The zero-order valence-corrected chi connectivity index (χ0v) is 14.6. The van der Waals surface area contributed by atoms with Crippen LogP contribution >= 0.6 is 0 Å². The predicted molar refractivity (Wildman–Crippen MR) is 98.4 cm³/mol. The molecule has 0 spiro atoms. The van der Waals surface area contributed by atoms with Crippen molar-refractivity contribution in [1.29, 1.82) is 0 Å². The van der Waals surface area contributed by atoms with Gasteiger partial charge in [0, 0.05) is 28.9 Å². The zero-order valence-electron chi connectivity index (χ0n) is 14.6. The summed E-state index contributed by atoms with van der Waals surface area (Å²) in [5, 5.41) is 11.3. The van der Waals surface area contributed by atoms with Crippen LogP contribution in [-0.4, -0.2) is 21.2 Å². The van der Waals surface area contributed by atoms with E-state index in [2.05, 4.69) is 20.6 Å². The molecular weight excluding hydrogens is 344 g/mol. The summed E-state index contributed by atoms with van der Waals surface area (Å²) in [4.78, 5) is 17.6. The van der Waals surface area contributed by atoms with Crippen LogP contribution in [0.5, 0.6) is 0 Å². The number of carbonyl (C=O) groups is 1. The van der Waals surface area contributed by atoms with E-state index < -0.39 is 0 Å². The first kappa shape index (κ1) is 15.7. The van der Waals surface area contributed by atoms with Crippen LogP contribution in [0.2, 0.25) is 0 Å². The lowest BCUT2D eigenvalue weighted by Gasteiger charge is -2.09. The highest BCUT2D eigenvalue weighted by molar-refractivity contribution is 6.12. The summed E-state index contributed by atoms with van der Waals surface area (Å²) in [6.45, 7) is 1.81. The van der Waals surface area contributed by atoms with Crippen LogP contribution in [0.4, 0.5) is 5.69 Å². The number of aryl methyl sites for hydroxylation is 1. The second kappa shape index (κ2) is 6.05. The quantitative estimate of drug-likeness (QED) is 0.582. The molecule has 5 rings (SSSR count). The fourth-order valence-electron chi connectivity index (χ4n) is 3.19. The van der Waals surface area contributed by atoms with Crippen molar-refractivity contribution in [2.24, 2.45) is 0 Å². The van der Waals surface area contributed by atoms with E-state index in [9.17, 15) is 4.79 Å². The summed E-state index contributed by atoms with van der Waals surface area (Å²) in [6, 6.07) is 11.1. The number of aromatic nitrogens is 3. The highest BCUT2D eigenvalue weighted by atomic mass is 16.5. The molecule has 3 aromatic heterocycles. The lowest BCUT2D eigenvalue weighted by atomic mass is 10.1. The standard InChI is InChI=1S/C20H16N4O3/c1-11-18-15(10-16(12-5-6-12)23-20(18)27-24-11)19(25)22-14-4-2-3-13(9-14)17-7-8-21-26-17/h2-4,7-10,12H,5-6H2,1H3,(H,22,25). The zero-order chi connectivity index (χ0) is 18.4. The van der Waals surface area contributed by atoms with E-state index in [4.69, 9.17) is 9.05 Å². The van der Waals surface area contributed by atoms with Crippen molar-refractivity contribution in [3.8, 4) is 11.3 Å². The summed E-state index contributed by atoms with van der Waals surface area (Å²) < 4.78 is 10.5. The molecule has 1 fully saturated rings. The van der Waals surface area contributed by atoms with Crippen LogP contribution in [0.25, 0.3) is 22.4 Å².